The number of hydrogen-bond donors (Lipinski definition) is 2. The van der Waals surface area contributed by atoms with Gasteiger partial charge in [-0.25, -0.2) is 4.79 Å². The van der Waals surface area contributed by atoms with Gasteiger partial charge in [-0.05, 0) is 56.5 Å². The first kappa shape index (κ1) is 14.6. The first-order valence-corrected chi connectivity index (χ1v) is 7.06. The number of fused-ring (bicyclic) bond motifs is 1. The van der Waals surface area contributed by atoms with Crippen LogP contribution in [0.25, 0.3) is 10.9 Å². The fourth-order valence-corrected chi connectivity index (χ4v) is 2.95. The largest absolute Gasteiger partial charge is 0.478 e. The molecule has 1 aromatic carbocycles. The van der Waals surface area contributed by atoms with Crippen LogP contribution < -0.4 is 5.73 Å². The topological polar surface area (TPSA) is 68.2 Å². The highest BCUT2D eigenvalue weighted by Crippen LogP contribution is 2.30. The van der Waals surface area contributed by atoms with E-state index >= 15 is 0 Å². The number of carboxylic acids is 1. The molecule has 0 fully saturated rings. The molecule has 20 heavy (non-hydrogen) atoms. The van der Waals surface area contributed by atoms with E-state index in [1.807, 2.05) is 6.92 Å². The molecule has 1 heterocycles. The van der Waals surface area contributed by atoms with Crippen molar-refractivity contribution in [3.8, 4) is 0 Å². The van der Waals surface area contributed by atoms with Gasteiger partial charge in [0.15, 0.2) is 0 Å². The fraction of sp³-hybridized carbons (Fsp3) is 0.438. The normalized spacial score (nSPS) is 11.2. The first-order chi connectivity index (χ1) is 9.51. The molecule has 3 N–H and O–H groups in total. The smallest absolute Gasteiger partial charge is 0.337 e. The Labute approximate surface area is 119 Å². The monoisotopic (exact) mass is 274 g/mol. The van der Waals surface area contributed by atoms with Gasteiger partial charge in [0.1, 0.15) is 0 Å². The van der Waals surface area contributed by atoms with E-state index in [1.54, 1.807) is 6.07 Å². The molecule has 0 radical (unpaired) electrons. The van der Waals surface area contributed by atoms with Gasteiger partial charge >= 0.3 is 5.97 Å². The van der Waals surface area contributed by atoms with Crippen molar-refractivity contribution in [2.24, 2.45) is 5.73 Å². The summed E-state index contributed by atoms with van der Waals surface area (Å²) >= 11 is 0. The summed E-state index contributed by atoms with van der Waals surface area (Å²) in [5.74, 6) is -0.868. The molecular weight excluding hydrogens is 252 g/mol. The number of rotatable bonds is 5. The molecule has 0 saturated heterocycles. The number of nitrogens with zero attached hydrogens (tertiary/aromatic N) is 1. The maximum Gasteiger partial charge on any atom is 0.337 e. The van der Waals surface area contributed by atoms with E-state index in [-0.39, 0.29) is 0 Å². The zero-order valence-corrected chi connectivity index (χ0v) is 12.4. The van der Waals surface area contributed by atoms with Crippen LogP contribution in [0.1, 0.15) is 40.5 Å². The van der Waals surface area contributed by atoms with Crippen LogP contribution in [0, 0.1) is 13.8 Å². The van der Waals surface area contributed by atoms with Crippen LogP contribution in [0.4, 0.5) is 0 Å². The minimum atomic E-state index is -0.868. The van der Waals surface area contributed by atoms with Gasteiger partial charge in [-0.2, -0.15) is 0 Å². The summed E-state index contributed by atoms with van der Waals surface area (Å²) in [5.41, 5.74) is 10.2. The molecule has 0 spiro atoms. The molecule has 108 valence electrons. The molecule has 0 aliphatic carbocycles. The van der Waals surface area contributed by atoms with Crippen molar-refractivity contribution in [1.29, 1.82) is 0 Å². The van der Waals surface area contributed by atoms with Gasteiger partial charge in [-0.3, -0.25) is 0 Å². The van der Waals surface area contributed by atoms with Crippen molar-refractivity contribution in [2.75, 3.05) is 6.54 Å². The number of aromatic carboxylic acids is 1. The lowest BCUT2D eigenvalue weighted by Crippen LogP contribution is -2.06. The third-order valence-electron chi connectivity index (χ3n) is 3.76. The van der Waals surface area contributed by atoms with Crippen molar-refractivity contribution in [3.63, 3.8) is 0 Å². The zero-order chi connectivity index (χ0) is 14.9. The second-order valence-corrected chi connectivity index (χ2v) is 5.27. The Kier molecular flexibility index (Phi) is 4.14. The number of aryl methyl sites for hydroxylation is 2. The Morgan fingerprint density at radius 3 is 2.60 bits per heavy atom. The van der Waals surface area contributed by atoms with Crippen LogP contribution in [-0.4, -0.2) is 22.2 Å². The summed E-state index contributed by atoms with van der Waals surface area (Å²) < 4.78 is 2.13. The average Bonchev–Trinajstić information content (AvgIpc) is 2.64. The van der Waals surface area contributed by atoms with Gasteiger partial charge in [0, 0.05) is 17.6 Å². The van der Waals surface area contributed by atoms with Crippen LogP contribution in [0.2, 0.25) is 0 Å². The van der Waals surface area contributed by atoms with Crippen molar-refractivity contribution in [2.45, 2.75) is 40.2 Å². The highest BCUT2D eigenvalue weighted by molar-refractivity contribution is 6.04. The Morgan fingerprint density at radius 2 is 2.05 bits per heavy atom. The quantitative estimate of drug-likeness (QED) is 0.881. The van der Waals surface area contributed by atoms with Crippen molar-refractivity contribution >= 4 is 16.9 Å². The molecule has 0 saturated carbocycles. The highest BCUT2D eigenvalue weighted by Gasteiger charge is 2.19. The summed E-state index contributed by atoms with van der Waals surface area (Å²) in [4.78, 5) is 11.6. The minimum absolute atomic E-state index is 0.389. The number of benzene rings is 1. The van der Waals surface area contributed by atoms with E-state index in [9.17, 15) is 9.90 Å². The number of carbonyl (C=O) groups is 1. The Hall–Kier alpha value is -1.81. The van der Waals surface area contributed by atoms with Crippen LogP contribution >= 0.6 is 0 Å². The SMILES string of the molecule is CCCn1c(C)c(CCN)c2cc(C)cc(C(=O)O)c21. The Bertz CT molecular complexity index is 656. The van der Waals surface area contributed by atoms with E-state index in [2.05, 4.69) is 24.5 Å². The summed E-state index contributed by atoms with van der Waals surface area (Å²) in [7, 11) is 0. The number of aromatic nitrogens is 1. The molecular formula is C16H22N2O2. The summed E-state index contributed by atoms with van der Waals surface area (Å²) in [6, 6.07) is 3.83. The molecule has 0 amide bonds. The summed E-state index contributed by atoms with van der Waals surface area (Å²) in [6.07, 6.45) is 1.75. The summed E-state index contributed by atoms with van der Waals surface area (Å²) in [6.45, 7) is 7.49. The molecule has 4 heteroatoms. The maximum atomic E-state index is 11.6. The molecule has 1 aromatic heterocycles. The maximum absolute atomic E-state index is 11.6. The van der Waals surface area contributed by atoms with E-state index in [0.717, 1.165) is 41.5 Å². The van der Waals surface area contributed by atoms with E-state index in [4.69, 9.17) is 5.73 Å². The van der Waals surface area contributed by atoms with Crippen LogP contribution in [0.5, 0.6) is 0 Å². The molecule has 0 atom stereocenters. The van der Waals surface area contributed by atoms with Crippen LogP contribution in [0.15, 0.2) is 12.1 Å². The molecule has 2 rings (SSSR count). The first-order valence-electron chi connectivity index (χ1n) is 7.06. The minimum Gasteiger partial charge on any atom is -0.478 e. The molecule has 0 unspecified atom stereocenters. The third kappa shape index (κ3) is 2.31. The van der Waals surface area contributed by atoms with E-state index in [0.29, 0.717) is 12.1 Å². The third-order valence-corrected chi connectivity index (χ3v) is 3.76. The Balaban J connectivity index is 2.88. The molecule has 2 aromatic rings. The number of nitrogens with two attached hydrogens (primary N) is 1. The van der Waals surface area contributed by atoms with E-state index in [1.165, 1.54) is 5.56 Å². The van der Waals surface area contributed by atoms with Gasteiger partial charge in [-0.15, -0.1) is 0 Å². The van der Waals surface area contributed by atoms with Gasteiger partial charge in [0.25, 0.3) is 0 Å². The predicted octanol–water partition coefficient (Wildman–Crippen LogP) is 2.87. The fourth-order valence-electron chi connectivity index (χ4n) is 2.95. The van der Waals surface area contributed by atoms with Crippen molar-refractivity contribution in [3.05, 3.63) is 34.5 Å². The second kappa shape index (κ2) is 5.67. The highest BCUT2D eigenvalue weighted by atomic mass is 16.4. The van der Waals surface area contributed by atoms with Crippen LogP contribution in [0.3, 0.4) is 0 Å². The van der Waals surface area contributed by atoms with Gasteiger partial charge in [-0.1, -0.05) is 6.92 Å². The summed E-state index contributed by atoms with van der Waals surface area (Å²) in [5, 5.41) is 10.5. The van der Waals surface area contributed by atoms with Gasteiger partial charge in [0.05, 0.1) is 11.1 Å². The lowest BCUT2D eigenvalue weighted by molar-refractivity contribution is 0.0698. The second-order valence-electron chi connectivity index (χ2n) is 5.27. The Morgan fingerprint density at radius 1 is 1.35 bits per heavy atom. The molecule has 0 aliphatic heterocycles. The number of carboxylic acid groups (broad SMARTS) is 1. The molecule has 4 nitrogen and oxygen atoms in total. The van der Waals surface area contributed by atoms with Gasteiger partial charge < -0.3 is 15.4 Å². The standard InChI is InChI=1S/C16H22N2O2/c1-4-7-18-11(3)12(5-6-17)13-8-10(2)9-14(15(13)18)16(19)20/h8-9H,4-7,17H2,1-3H3,(H,19,20). The van der Waals surface area contributed by atoms with Crippen molar-refractivity contribution < 1.29 is 9.90 Å². The molecule has 0 bridgehead atoms. The lowest BCUT2D eigenvalue weighted by atomic mass is 10.0. The lowest BCUT2D eigenvalue weighted by Gasteiger charge is -2.09. The average molecular weight is 274 g/mol. The van der Waals surface area contributed by atoms with Crippen LogP contribution in [-0.2, 0) is 13.0 Å². The van der Waals surface area contributed by atoms with E-state index < -0.39 is 5.97 Å². The van der Waals surface area contributed by atoms with Crippen molar-refractivity contribution in [1.82, 2.24) is 4.57 Å². The number of hydrogen-bond acceptors (Lipinski definition) is 2. The van der Waals surface area contributed by atoms with Gasteiger partial charge in [0.2, 0.25) is 0 Å². The molecule has 0 aliphatic rings. The zero-order valence-electron chi connectivity index (χ0n) is 12.4. The predicted molar refractivity (Wildman–Crippen MR) is 81.4 cm³/mol.